The van der Waals surface area contributed by atoms with E-state index in [-0.39, 0.29) is 17.7 Å². The Morgan fingerprint density at radius 2 is 1.87 bits per heavy atom. The van der Waals surface area contributed by atoms with E-state index in [1.807, 2.05) is 24.3 Å². The molecule has 1 aromatic carbocycles. The Hall–Kier alpha value is -2.80. The van der Waals surface area contributed by atoms with Gasteiger partial charge in [-0.05, 0) is 44.1 Å². The largest absolute Gasteiger partial charge is 0.492 e. The molecule has 7 heteroatoms. The smallest absolute Gasteiger partial charge is 0.289 e. The van der Waals surface area contributed by atoms with Gasteiger partial charge in [0.15, 0.2) is 5.76 Å². The van der Waals surface area contributed by atoms with E-state index in [2.05, 4.69) is 24.1 Å². The predicted octanol–water partition coefficient (Wildman–Crippen LogP) is 3.17. The minimum absolute atomic E-state index is 0.0306. The number of likely N-dealkylation sites (N-methyl/N-ethyl adjacent to an activating group) is 1. The second kappa shape index (κ2) is 11.6. The van der Waals surface area contributed by atoms with E-state index >= 15 is 0 Å². The summed E-state index contributed by atoms with van der Waals surface area (Å²) in [5.74, 6) is 0.994. The molecule has 2 heterocycles. The summed E-state index contributed by atoms with van der Waals surface area (Å²) in [5, 5.41) is 3.05. The van der Waals surface area contributed by atoms with Crippen molar-refractivity contribution < 1.29 is 18.7 Å². The molecule has 0 atom stereocenters. The number of furan rings is 1. The Kier molecular flexibility index (Phi) is 8.53. The first-order valence-corrected chi connectivity index (χ1v) is 11.2. The molecule has 0 saturated carbocycles. The maximum Gasteiger partial charge on any atom is 0.289 e. The number of ether oxygens (including phenoxy) is 1. The molecule has 3 rings (SSSR count). The summed E-state index contributed by atoms with van der Waals surface area (Å²) in [4.78, 5) is 29.1. The van der Waals surface area contributed by atoms with E-state index in [9.17, 15) is 9.59 Å². The zero-order chi connectivity index (χ0) is 22.1. The van der Waals surface area contributed by atoms with Crippen molar-refractivity contribution in [1.82, 2.24) is 15.1 Å². The summed E-state index contributed by atoms with van der Waals surface area (Å²) in [6, 6.07) is 11.2. The number of piperidine rings is 1. The highest BCUT2D eigenvalue weighted by molar-refractivity contribution is 5.91. The van der Waals surface area contributed by atoms with Crippen LogP contribution in [0.15, 0.2) is 47.1 Å². The zero-order valence-corrected chi connectivity index (χ0v) is 18.5. The molecular formula is C24H33N3O4. The van der Waals surface area contributed by atoms with Crippen LogP contribution in [0, 0.1) is 5.92 Å². The molecule has 1 aliphatic rings. The number of hydrogen-bond donors (Lipinski definition) is 1. The third-order valence-corrected chi connectivity index (χ3v) is 5.87. The van der Waals surface area contributed by atoms with Crippen LogP contribution < -0.4 is 10.1 Å². The average molecular weight is 428 g/mol. The van der Waals surface area contributed by atoms with E-state index in [1.165, 1.54) is 6.26 Å². The van der Waals surface area contributed by atoms with E-state index in [0.29, 0.717) is 44.8 Å². The molecule has 1 fully saturated rings. The van der Waals surface area contributed by atoms with Crippen LogP contribution in [0.4, 0.5) is 0 Å². The molecule has 1 saturated heterocycles. The normalized spacial score (nSPS) is 14.6. The molecule has 2 aromatic rings. The Labute approximate surface area is 184 Å². The van der Waals surface area contributed by atoms with Crippen molar-refractivity contribution in [2.45, 2.75) is 33.2 Å². The highest BCUT2D eigenvalue weighted by Crippen LogP contribution is 2.21. The van der Waals surface area contributed by atoms with Crippen LogP contribution in [-0.4, -0.2) is 60.9 Å². The highest BCUT2D eigenvalue weighted by Gasteiger charge is 2.28. The van der Waals surface area contributed by atoms with Crippen LogP contribution in [0.5, 0.6) is 5.75 Å². The van der Waals surface area contributed by atoms with Gasteiger partial charge in [0.05, 0.1) is 6.26 Å². The maximum absolute atomic E-state index is 12.7. The number of para-hydroxylation sites is 1. The van der Waals surface area contributed by atoms with E-state index in [4.69, 9.17) is 9.15 Å². The van der Waals surface area contributed by atoms with E-state index < -0.39 is 0 Å². The van der Waals surface area contributed by atoms with Crippen LogP contribution in [0.3, 0.4) is 0 Å². The number of likely N-dealkylation sites (tertiary alicyclic amines) is 1. The van der Waals surface area contributed by atoms with Crippen LogP contribution in [0.2, 0.25) is 0 Å². The molecule has 7 nitrogen and oxygen atoms in total. The molecule has 1 aliphatic heterocycles. The van der Waals surface area contributed by atoms with Gasteiger partial charge in [0.1, 0.15) is 12.4 Å². The molecule has 0 radical (unpaired) electrons. The summed E-state index contributed by atoms with van der Waals surface area (Å²) in [6.07, 6.45) is 2.80. The molecule has 31 heavy (non-hydrogen) atoms. The molecule has 1 N–H and O–H groups in total. The van der Waals surface area contributed by atoms with Gasteiger partial charge in [0, 0.05) is 37.7 Å². The van der Waals surface area contributed by atoms with Crippen molar-refractivity contribution >= 4 is 11.8 Å². The summed E-state index contributed by atoms with van der Waals surface area (Å²) >= 11 is 0. The number of rotatable bonds is 10. The fourth-order valence-corrected chi connectivity index (χ4v) is 3.84. The first-order chi connectivity index (χ1) is 15.1. The molecule has 0 aliphatic carbocycles. The monoisotopic (exact) mass is 427 g/mol. The Bertz CT molecular complexity index is 825. The Morgan fingerprint density at radius 3 is 2.55 bits per heavy atom. The number of carbonyl (C=O) groups excluding carboxylic acids is 2. The Morgan fingerprint density at radius 1 is 1.13 bits per heavy atom. The second-order valence-corrected chi connectivity index (χ2v) is 7.74. The zero-order valence-electron chi connectivity index (χ0n) is 18.5. The number of nitrogens with one attached hydrogen (secondary N) is 1. The van der Waals surface area contributed by atoms with Crippen molar-refractivity contribution in [1.29, 1.82) is 0 Å². The molecular weight excluding hydrogens is 394 g/mol. The molecule has 0 unspecified atom stereocenters. The quantitative estimate of drug-likeness (QED) is 0.630. The molecule has 0 bridgehead atoms. The first kappa shape index (κ1) is 22.9. The van der Waals surface area contributed by atoms with E-state index in [0.717, 1.165) is 30.9 Å². The minimum Gasteiger partial charge on any atom is -0.492 e. The summed E-state index contributed by atoms with van der Waals surface area (Å²) in [7, 11) is 0. The van der Waals surface area contributed by atoms with Gasteiger partial charge in [-0.25, -0.2) is 0 Å². The van der Waals surface area contributed by atoms with Crippen LogP contribution in [-0.2, 0) is 11.3 Å². The van der Waals surface area contributed by atoms with E-state index in [1.54, 1.807) is 17.0 Å². The van der Waals surface area contributed by atoms with Gasteiger partial charge in [-0.15, -0.1) is 0 Å². The summed E-state index contributed by atoms with van der Waals surface area (Å²) in [5.41, 5.74) is 0.973. The minimum atomic E-state index is -0.111. The van der Waals surface area contributed by atoms with Gasteiger partial charge in [0.2, 0.25) is 5.91 Å². The van der Waals surface area contributed by atoms with Crippen molar-refractivity contribution in [2.75, 3.05) is 39.3 Å². The molecule has 168 valence electrons. The van der Waals surface area contributed by atoms with Crippen molar-refractivity contribution in [3.8, 4) is 5.75 Å². The maximum atomic E-state index is 12.7. The van der Waals surface area contributed by atoms with Gasteiger partial charge in [-0.2, -0.15) is 0 Å². The molecule has 2 amide bonds. The number of benzene rings is 1. The number of hydrogen-bond acceptors (Lipinski definition) is 5. The van der Waals surface area contributed by atoms with Gasteiger partial charge in [-0.3, -0.25) is 9.59 Å². The van der Waals surface area contributed by atoms with Crippen molar-refractivity contribution in [3.63, 3.8) is 0 Å². The lowest BCUT2D eigenvalue weighted by molar-refractivity contribution is -0.126. The standard InChI is InChI=1S/C24H33N3O4/c1-3-26(4-2)15-17-31-21-9-6-5-8-20(21)18-25-23(28)19-11-13-27(14-12-19)24(29)22-10-7-16-30-22/h5-10,16,19H,3-4,11-15,17-18H2,1-2H3,(H,25,28). The molecule has 1 aromatic heterocycles. The SMILES string of the molecule is CCN(CC)CCOc1ccccc1CNC(=O)C1CCN(C(=O)c2ccco2)CC1. The lowest BCUT2D eigenvalue weighted by Crippen LogP contribution is -2.42. The first-order valence-electron chi connectivity index (χ1n) is 11.2. The third kappa shape index (κ3) is 6.34. The topological polar surface area (TPSA) is 75.0 Å². The fraction of sp³-hybridized carbons (Fsp3) is 0.500. The summed E-state index contributed by atoms with van der Waals surface area (Å²) in [6.45, 7) is 9.34. The van der Waals surface area contributed by atoms with Gasteiger partial charge >= 0.3 is 0 Å². The lowest BCUT2D eigenvalue weighted by atomic mass is 9.95. The fourth-order valence-electron chi connectivity index (χ4n) is 3.84. The summed E-state index contributed by atoms with van der Waals surface area (Å²) < 4.78 is 11.2. The number of carbonyl (C=O) groups is 2. The molecule has 0 spiro atoms. The van der Waals surface area contributed by atoms with Crippen LogP contribution >= 0.6 is 0 Å². The highest BCUT2D eigenvalue weighted by atomic mass is 16.5. The van der Waals surface area contributed by atoms with Crippen LogP contribution in [0.1, 0.15) is 42.8 Å². The average Bonchev–Trinajstić information content (AvgIpc) is 3.35. The van der Waals surface area contributed by atoms with Crippen molar-refractivity contribution in [2.24, 2.45) is 5.92 Å². The Balaban J connectivity index is 1.45. The van der Waals surface area contributed by atoms with Gasteiger partial charge in [-0.1, -0.05) is 32.0 Å². The third-order valence-electron chi connectivity index (χ3n) is 5.87. The van der Waals surface area contributed by atoms with Gasteiger partial charge in [0.25, 0.3) is 5.91 Å². The number of nitrogens with zero attached hydrogens (tertiary/aromatic N) is 2. The van der Waals surface area contributed by atoms with Crippen molar-refractivity contribution in [3.05, 3.63) is 54.0 Å². The lowest BCUT2D eigenvalue weighted by Gasteiger charge is -2.30. The second-order valence-electron chi connectivity index (χ2n) is 7.74. The van der Waals surface area contributed by atoms with Crippen LogP contribution in [0.25, 0.3) is 0 Å². The predicted molar refractivity (Wildman–Crippen MR) is 119 cm³/mol. The van der Waals surface area contributed by atoms with Gasteiger partial charge < -0.3 is 24.3 Å². The number of amides is 2.